The van der Waals surface area contributed by atoms with Gasteiger partial charge in [0.15, 0.2) is 0 Å². The maximum atomic E-state index is 13.1. The molecule has 15 heteroatoms. The number of hydrogen-bond acceptors (Lipinski definition) is 8. The van der Waals surface area contributed by atoms with Gasteiger partial charge in [-0.05, 0) is 42.2 Å². The Morgan fingerprint density at radius 1 is 1.12 bits per heavy atom. The fourth-order valence-corrected chi connectivity index (χ4v) is 5.65. The van der Waals surface area contributed by atoms with Crippen molar-refractivity contribution in [2.75, 3.05) is 31.9 Å². The van der Waals surface area contributed by atoms with E-state index in [2.05, 4.69) is 10.6 Å². The molecule has 1 fully saturated rings. The third-order valence-corrected chi connectivity index (χ3v) is 8.02. The van der Waals surface area contributed by atoms with Crippen molar-refractivity contribution in [2.24, 2.45) is 0 Å². The van der Waals surface area contributed by atoms with E-state index in [1.807, 2.05) is 0 Å². The molecule has 4 amide bonds. The van der Waals surface area contributed by atoms with Gasteiger partial charge in [0.25, 0.3) is 11.8 Å². The number of nitrogen functional groups attached to an aromatic ring is 1. The zero-order valence-corrected chi connectivity index (χ0v) is 23.8. The summed E-state index contributed by atoms with van der Waals surface area (Å²) in [6.07, 6.45) is -0.486. The minimum atomic E-state index is -1.52. The van der Waals surface area contributed by atoms with Crippen molar-refractivity contribution in [1.82, 2.24) is 20.4 Å². The Morgan fingerprint density at radius 3 is 2.50 bits per heavy atom. The number of piperidine rings is 1. The van der Waals surface area contributed by atoms with Gasteiger partial charge in [-0.1, -0.05) is 29.3 Å². The molecular weight excluding hydrogens is 591 g/mol. The number of rotatable bonds is 7. The molecule has 13 nitrogen and oxygen atoms in total. The van der Waals surface area contributed by atoms with Gasteiger partial charge in [-0.2, -0.15) is 0 Å². The van der Waals surface area contributed by atoms with Crippen LogP contribution in [0.3, 0.4) is 0 Å². The zero-order valence-electron chi connectivity index (χ0n) is 22.3. The van der Waals surface area contributed by atoms with Crippen LogP contribution < -0.4 is 16.4 Å². The Labute approximate surface area is 250 Å². The normalized spacial score (nSPS) is 19.0. The summed E-state index contributed by atoms with van der Waals surface area (Å²) in [6.45, 7) is 0.0337. The molecule has 2 aromatic carbocycles. The number of anilines is 1. The largest absolute Gasteiger partial charge is 0.480 e. The molecule has 1 saturated heterocycles. The second-order valence-electron chi connectivity index (χ2n) is 10.1. The monoisotopic (exact) mass is 620 g/mol. The number of likely N-dealkylation sites (tertiary alicyclic amines) is 1. The molecule has 0 bridgehead atoms. The van der Waals surface area contributed by atoms with Gasteiger partial charge in [-0.3, -0.25) is 9.59 Å². The first-order valence-electron chi connectivity index (χ1n) is 13.0. The van der Waals surface area contributed by atoms with Gasteiger partial charge in [-0.25, -0.2) is 9.59 Å². The molecule has 4 rings (SSSR count). The number of carboxylic acids is 1. The van der Waals surface area contributed by atoms with Crippen LogP contribution in [0, 0.1) is 5.41 Å². The average molecular weight is 621 g/mol. The highest BCUT2D eigenvalue weighted by molar-refractivity contribution is 6.40. The summed E-state index contributed by atoms with van der Waals surface area (Å²) in [5.74, 6) is -2.54. The second kappa shape index (κ2) is 12.9. The SMILES string of the molecule is N=Cc1ccc(C(=O)N2CCc3c(cc(Cl)c(C(=O)N[C@@H](CNC(=O)N4CC[C@@H](O)[C@@H](O)C4)C(=O)O)c3Cl)C2)cc1N. The van der Waals surface area contributed by atoms with E-state index in [1.54, 1.807) is 17.0 Å². The Hall–Kier alpha value is -3.91. The summed E-state index contributed by atoms with van der Waals surface area (Å²) in [5, 5.41) is 41.2. The number of β-amino-alcohol motifs (C(OH)–C–C–N with tert-alkyl or cyclic N) is 1. The number of aliphatic hydroxyl groups excluding tert-OH is 2. The van der Waals surface area contributed by atoms with E-state index in [9.17, 15) is 34.5 Å². The Kier molecular flexibility index (Phi) is 9.57. The highest BCUT2D eigenvalue weighted by Crippen LogP contribution is 2.35. The fourth-order valence-electron chi connectivity index (χ4n) is 4.89. The van der Waals surface area contributed by atoms with Gasteiger partial charge < -0.3 is 46.9 Å². The zero-order chi connectivity index (χ0) is 30.7. The molecule has 42 heavy (non-hydrogen) atoms. The molecule has 0 saturated carbocycles. The van der Waals surface area contributed by atoms with Crippen LogP contribution in [0.1, 0.15) is 43.8 Å². The first-order valence-corrected chi connectivity index (χ1v) is 13.8. The van der Waals surface area contributed by atoms with E-state index >= 15 is 0 Å². The average Bonchev–Trinajstić information content (AvgIpc) is 2.95. The minimum Gasteiger partial charge on any atom is -0.480 e. The number of amides is 4. The highest BCUT2D eigenvalue weighted by atomic mass is 35.5. The summed E-state index contributed by atoms with van der Waals surface area (Å²) in [7, 11) is 0. The lowest BCUT2D eigenvalue weighted by atomic mass is 9.95. The van der Waals surface area contributed by atoms with Gasteiger partial charge in [0.1, 0.15) is 6.04 Å². The summed E-state index contributed by atoms with van der Waals surface area (Å²) >= 11 is 13.0. The summed E-state index contributed by atoms with van der Waals surface area (Å²) < 4.78 is 0. The Balaban J connectivity index is 1.44. The number of fused-ring (bicyclic) bond motifs is 1. The summed E-state index contributed by atoms with van der Waals surface area (Å²) in [5.41, 5.74) is 8.17. The van der Waals surface area contributed by atoms with Crippen LogP contribution in [0.25, 0.3) is 0 Å². The maximum Gasteiger partial charge on any atom is 0.328 e. The molecular formula is C27H30Cl2N6O7. The first-order chi connectivity index (χ1) is 19.9. The molecule has 0 aliphatic carbocycles. The lowest BCUT2D eigenvalue weighted by Crippen LogP contribution is -2.55. The van der Waals surface area contributed by atoms with Gasteiger partial charge in [0.05, 0.1) is 40.9 Å². The van der Waals surface area contributed by atoms with Crippen LogP contribution in [0.4, 0.5) is 10.5 Å². The number of halogens is 2. The van der Waals surface area contributed by atoms with Crippen LogP contribution in [0.5, 0.6) is 0 Å². The van der Waals surface area contributed by atoms with E-state index in [4.69, 9.17) is 34.3 Å². The number of nitrogens with two attached hydrogens (primary N) is 1. The molecule has 0 radical (unpaired) electrons. The lowest BCUT2D eigenvalue weighted by molar-refractivity contribution is -0.139. The standard InChI is InChI=1S/C27H30Cl2N6O7/c28-17-7-15-11-34(25(39)13-1-2-14(9-30)18(31)8-13)5-3-16(15)23(29)22(17)24(38)33-19(26(40)41)10-32-27(42)35-6-4-20(36)21(37)12-35/h1-2,7-9,19-21,30,36-37H,3-6,10-12,31H2,(H,32,42)(H,33,38)(H,40,41)/t19-,20+,21-/m0/s1. The lowest BCUT2D eigenvalue weighted by Gasteiger charge is -2.33. The minimum absolute atomic E-state index is 0.0377. The summed E-state index contributed by atoms with van der Waals surface area (Å²) in [6, 6.07) is 4.02. The molecule has 2 aliphatic rings. The molecule has 0 aromatic heterocycles. The van der Waals surface area contributed by atoms with E-state index in [-0.39, 0.29) is 54.1 Å². The number of aliphatic carboxylic acids is 1. The third kappa shape index (κ3) is 6.59. The number of nitrogens with one attached hydrogen (secondary N) is 3. The number of urea groups is 1. The number of hydrogen-bond donors (Lipinski definition) is 7. The fraction of sp³-hybridized carbons (Fsp3) is 0.370. The number of carbonyl (C=O) groups excluding carboxylic acids is 3. The van der Waals surface area contributed by atoms with Crippen molar-refractivity contribution < 1.29 is 34.5 Å². The topological polar surface area (TPSA) is 209 Å². The van der Waals surface area contributed by atoms with Crippen molar-refractivity contribution in [3.05, 3.63) is 62.1 Å². The van der Waals surface area contributed by atoms with Crippen molar-refractivity contribution >= 4 is 58.9 Å². The molecule has 0 unspecified atom stereocenters. The van der Waals surface area contributed by atoms with E-state index in [0.717, 1.165) is 6.21 Å². The number of benzene rings is 2. The molecule has 2 heterocycles. The van der Waals surface area contributed by atoms with E-state index < -0.39 is 42.7 Å². The molecule has 2 aromatic rings. The molecule has 2 aliphatic heterocycles. The number of aliphatic hydroxyl groups is 2. The Bertz CT molecular complexity index is 1440. The predicted molar refractivity (Wildman–Crippen MR) is 154 cm³/mol. The number of nitrogens with zero attached hydrogens (tertiary/aromatic N) is 2. The van der Waals surface area contributed by atoms with Gasteiger partial charge >= 0.3 is 12.0 Å². The predicted octanol–water partition coefficient (Wildman–Crippen LogP) is 1.09. The first kappa shape index (κ1) is 31.0. The van der Waals surface area contributed by atoms with Crippen LogP contribution in [0.15, 0.2) is 24.3 Å². The smallest absolute Gasteiger partial charge is 0.328 e. The molecule has 0 spiro atoms. The van der Waals surface area contributed by atoms with Crippen LogP contribution in [-0.2, 0) is 17.8 Å². The van der Waals surface area contributed by atoms with Crippen LogP contribution in [-0.4, -0.2) is 99.6 Å². The number of carboxylic acid groups (broad SMARTS) is 1. The maximum absolute atomic E-state index is 13.1. The highest BCUT2D eigenvalue weighted by Gasteiger charge is 2.32. The van der Waals surface area contributed by atoms with Crippen molar-refractivity contribution in [3.8, 4) is 0 Å². The van der Waals surface area contributed by atoms with Crippen LogP contribution >= 0.6 is 23.2 Å². The van der Waals surface area contributed by atoms with Crippen molar-refractivity contribution in [1.29, 1.82) is 5.41 Å². The van der Waals surface area contributed by atoms with Gasteiger partial charge in [-0.15, -0.1) is 0 Å². The molecule has 224 valence electrons. The van der Waals surface area contributed by atoms with E-state index in [1.165, 1.54) is 17.0 Å². The number of carbonyl (C=O) groups is 4. The van der Waals surface area contributed by atoms with Crippen molar-refractivity contribution in [3.63, 3.8) is 0 Å². The van der Waals surface area contributed by atoms with E-state index in [0.29, 0.717) is 34.4 Å². The third-order valence-electron chi connectivity index (χ3n) is 7.30. The van der Waals surface area contributed by atoms with Crippen molar-refractivity contribution in [2.45, 2.75) is 37.6 Å². The van der Waals surface area contributed by atoms with Gasteiger partial charge in [0, 0.05) is 42.7 Å². The molecule has 8 N–H and O–H groups in total. The second-order valence-corrected chi connectivity index (χ2v) is 10.9. The van der Waals surface area contributed by atoms with Gasteiger partial charge in [0.2, 0.25) is 0 Å². The quantitative estimate of drug-likeness (QED) is 0.175. The molecule has 3 atom stereocenters. The van der Waals surface area contributed by atoms with Crippen LogP contribution in [0.2, 0.25) is 10.0 Å². The summed E-state index contributed by atoms with van der Waals surface area (Å²) in [4.78, 5) is 53.4. The Morgan fingerprint density at radius 2 is 1.86 bits per heavy atom.